The molecule has 0 aliphatic heterocycles. The predicted molar refractivity (Wildman–Crippen MR) is 56.8 cm³/mol. The van der Waals surface area contributed by atoms with Crippen LogP contribution in [0.15, 0.2) is 24.3 Å². The van der Waals surface area contributed by atoms with Crippen molar-refractivity contribution in [3.63, 3.8) is 0 Å². The molecule has 7 heteroatoms. The molecule has 0 atom stereocenters. The molecule has 94 valence electrons. The summed E-state index contributed by atoms with van der Waals surface area (Å²) < 4.78 is 38.4. The SMILES string of the molecule is Cn1nnc(-c2ccc(C(F)(F)F)cc2)c1C=O. The van der Waals surface area contributed by atoms with Crippen molar-refractivity contribution in [1.82, 2.24) is 15.0 Å². The van der Waals surface area contributed by atoms with E-state index in [1.54, 1.807) is 0 Å². The van der Waals surface area contributed by atoms with Gasteiger partial charge in [0.1, 0.15) is 11.4 Å². The summed E-state index contributed by atoms with van der Waals surface area (Å²) in [7, 11) is 1.53. The Morgan fingerprint density at radius 3 is 2.33 bits per heavy atom. The second-order valence-electron chi connectivity index (χ2n) is 3.64. The molecule has 0 amide bonds. The fourth-order valence-corrected chi connectivity index (χ4v) is 1.52. The lowest BCUT2D eigenvalue weighted by molar-refractivity contribution is -0.137. The van der Waals surface area contributed by atoms with Crippen LogP contribution < -0.4 is 0 Å². The molecular formula is C11H8F3N3O. The number of rotatable bonds is 2. The molecule has 0 aliphatic rings. The number of aromatic nitrogens is 3. The molecule has 0 N–H and O–H groups in total. The van der Waals surface area contributed by atoms with Crippen LogP contribution in [0.5, 0.6) is 0 Å². The van der Waals surface area contributed by atoms with Crippen molar-refractivity contribution >= 4 is 6.29 Å². The third kappa shape index (κ3) is 2.11. The standard InChI is InChI=1S/C11H8F3N3O/c1-17-9(6-18)10(15-16-17)7-2-4-8(5-3-7)11(12,13)14/h2-6H,1H3. The van der Waals surface area contributed by atoms with Gasteiger partial charge in [-0.05, 0) is 12.1 Å². The summed E-state index contributed by atoms with van der Waals surface area (Å²) in [5.41, 5.74) is 0.150. The van der Waals surface area contributed by atoms with Gasteiger partial charge in [0.15, 0.2) is 6.29 Å². The summed E-state index contributed by atoms with van der Waals surface area (Å²) in [5.74, 6) is 0. The van der Waals surface area contributed by atoms with Gasteiger partial charge in [-0.15, -0.1) is 5.10 Å². The zero-order valence-corrected chi connectivity index (χ0v) is 9.27. The number of nitrogens with zero attached hydrogens (tertiary/aromatic N) is 3. The first kappa shape index (κ1) is 12.3. The highest BCUT2D eigenvalue weighted by Crippen LogP contribution is 2.30. The molecule has 0 spiro atoms. The number of benzene rings is 1. The number of hydrogen-bond donors (Lipinski definition) is 0. The van der Waals surface area contributed by atoms with E-state index >= 15 is 0 Å². The largest absolute Gasteiger partial charge is 0.416 e. The molecule has 1 aromatic carbocycles. The maximum absolute atomic E-state index is 12.4. The van der Waals surface area contributed by atoms with Gasteiger partial charge in [0.25, 0.3) is 0 Å². The van der Waals surface area contributed by atoms with E-state index in [0.29, 0.717) is 11.8 Å². The zero-order valence-electron chi connectivity index (χ0n) is 9.27. The maximum atomic E-state index is 12.4. The Kier molecular flexibility index (Phi) is 2.90. The summed E-state index contributed by atoms with van der Waals surface area (Å²) in [4.78, 5) is 10.8. The number of alkyl halides is 3. The highest BCUT2D eigenvalue weighted by Gasteiger charge is 2.30. The van der Waals surface area contributed by atoms with Crippen molar-refractivity contribution in [2.75, 3.05) is 0 Å². The topological polar surface area (TPSA) is 47.8 Å². The molecule has 4 nitrogen and oxygen atoms in total. The quantitative estimate of drug-likeness (QED) is 0.774. The minimum absolute atomic E-state index is 0.217. The first-order chi connectivity index (χ1) is 8.43. The molecule has 18 heavy (non-hydrogen) atoms. The van der Waals surface area contributed by atoms with E-state index in [4.69, 9.17) is 0 Å². The molecule has 0 bridgehead atoms. The number of carbonyl (C=O) groups is 1. The molecule has 0 unspecified atom stereocenters. The lowest BCUT2D eigenvalue weighted by Crippen LogP contribution is -2.04. The molecule has 1 heterocycles. The average Bonchev–Trinajstić information content (AvgIpc) is 2.69. The first-order valence-electron chi connectivity index (χ1n) is 4.96. The number of halogens is 3. The number of aldehydes is 1. The third-order valence-electron chi connectivity index (χ3n) is 2.47. The number of carbonyl (C=O) groups excluding carboxylic acids is 1. The van der Waals surface area contributed by atoms with Gasteiger partial charge in [-0.3, -0.25) is 4.79 Å². The molecule has 0 saturated heterocycles. The van der Waals surface area contributed by atoms with Gasteiger partial charge in [0.05, 0.1) is 5.56 Å². The Bertz CT molecular complexity index is 572. The Hall–Kier alpha value is -2.18. The minimum Gasteiger partial charge on any atom is -0.296 e. The van der Waals surface area contributed by atoms with Crippen LogP contribution >= 0.6 is 0 Å². The van der Waals surface area contributed by atoms with E-state index in [2.05, 4.69) is 10.3 Å². The predicted octanol–water partition coefficient (Wildman–Crippen LogP) is 2.31. The molecular weight excluding hydrogens is 247 g/mol. The zero-order chi connectivity index (χ0) is 13.3. The average molecular weight is 255 g/mol. The lowest BCUT2D eigenvalue weighted by Gasteiger charge is -2.06. The third-order valence-corrected chi connectivity index (χ3v) is 2.47. The van der Waals surface area contributed by atoms with Gasteiger partial charge in [-0.2, -0.15) is 13.2 Å². The summed E-state index contributed by atoms with van der Waals surface area (Å²) in [6.07, 6.45) is -3.82. The van der Waals surface area contributed by atoms with Crippen LogP contribution in [0.1, 0.15) is 16.1 Å². The Morgan fingerprint density at radius 2 is 1.83 bits per heavy atom. The molecule has 0 saturated carbocycles. The number of aryl methyl sites for hydroxylation is 1. The molecule has 0 radical (unpaired) electrons. The van der Waals surface area contributed by atoms with Gasteiger partial charge in [0, 0.05) is 12.6 Å². The monoisotopic (exact) mass is 255 g/mol. The van der Waals surface area contributed by atoms with Gasteiger partial charge in [0.2, 0.25) is 0 Å². The van der Waals surface area contributed by atoms with E-state index in [-0.39, 0.29) is 11.4 Å². The Morgan fingerprint density at radius 1 is 1.22 bits per heavy atom. The summed E-state index contributed by atoms with van der Waals surface area (Å²) in [5, 5.41) is 7.40. The lowest BCUT2D eigenvalue weighted by atomic mass is 10.1. The Labute approximate surface area is 100 Å². The summed E-state index contributed by atoms with van der Waals surface area (Å²) >= 11 is 0. The highest BCUT2D eigenvalue weighted by atomic mass is 19.4. The van der Waals surface area contributed by atoms with E-state index in [1.807, 2.05) is 0 Å². The molecule has 2 rings (SSSR count). The second-order valence-corrected chi connectivity index (χ2v) is 3.64. The van der Waals surface area contributed by atoms with E-state index in [1.165, 1.54) is 23.9 Å². The second kappa shape index (κ2) is 4.25. The first-order valence-corrected chi connectivity index (χ1v) is 4.96. The van der Waals surface area contributed by atoms with Crippen LogP contribution in [0.3, 0.4) is 0 Å². The normalized spacial score (nSPS) is 11.6. The van der Waals surface area contributed by atoms with Crippen molar-refractivity contribution < 1.29 is 18.0 Å². The van der Waals surface area contributed by atoms with Crippen molar-refractivity contribution in [2.45, 2.75) is 6.18 Å². The Balaban J connectivity index is 2.43. The van der Waals surface area contributed by atoms with Crippen molar-refractivity contribution in [1.29, 1.82) is 0 Å². The van der Waals surface area contributed by atoms with Gasteiger partial charge >= 0.3 is 6.18 Å². The van der Waals surface area contributed by atoms with E-state index in [0.717, 1.165) is 12.1 Å². The van der Waals surface area contributed by atoms with E-state index < -0.39 is 11.7 Å². The fourth-order valence-electron chi connectivity index (χ4n) is 1.52. The van der Waals surface area contributed by atoms with Gasteiger partial charge < -0.3 is 0 Å². The summed E-state index contributed by atoms with van der Waals surface area (Å²) in [6.45, 7) is 0. The van der Waals surface area contributed by atoms with Crippen LogP contribution in [0.2, 0.25) is 0 Å². The van der Waals surface area contributed by atoms with Crippen molar-refractivity contribution in [3.8, 4) is 11.3 Å². The molecule has 1 aromatic heterocycles. The van der Waals surface area contributed by atoms with Crippen LogP contribution in [-0.2, 0) is 13.2 Å². The van der Waals surface area contributed by atoms with Gasteiger partial charge in [-0.1, -0.05) is 17.3 Å². The minimum atomic E-state index is -4.38. The van der Waals surface area contributed by atoms with Crippen molar-refractivity contribution in [3.05, 3.63) is 35.5 Å². The number of hydrogen-bond acceptors (Lipinski definition) is 3. The smallest absolute Gasteiger partial charge is 0.296 e. The van der Waals surface area contributed by atoms with Crippen LogP contribution in [0, 0.1) is 0 Å². The van der Waals surface area contributed by atoms with Crippen LogP contribution in [0.4, 0.5) is 13.2 Å². The molecule has 0 fully saturated rings. The van der Waals surface area contributed by atoms with E-state index in [9.17, 15) is 18.0 Å². The molecule has 0 aliphatic carbocycles. The highest BCUT2D eigenvalue weighted by molar-refractivity contribution is 5.83. The maximum Gasteiger partial charge on any atom is 0.416 e. The fraction of sp³-hybridized carbons (Fsp3) is 0.182. The van der Waals surface area contributed by atoms with Crippen LogP contribution in [-0.4, -0.2) is 21.3 Å². The van der Waals surface area contributed by atoms with Crippen LogP contribution in [0.25, 0.3) is 11.3 Å². The molecule has 2 aromatic rings. The van der Waals surface area contributed by atoms with Gasteiger partial charge in [-0.25, -0.2) is 4.68 Å². The van der Waals surface area contributed by atoms with Crippen molar-refractivity contribution in [2.24, 2.45) is 7.05 Å². The summed E-state index contributed by atoms with van der Waals surface area (Å²) in [6, 6.07) is 4.41.